The molecule has 172 valence electrons. The Kier molecular flexibility index (Phi) is 14.8. The molecule has 0 aliphatic heterocycles. The number of benzene rings is 2. The van der Waals surface area contributed by atoms with E-state index in [9.17, 15) is 9.59 Å². The van der Waals surface area contributed by atoms with E-state index in [0.29, 0.717) is 12.0 Å². The normalized spacial score (nSPS) is 15.1. The van der Waals surface area contributed by atoms with Gasteiger partial charge in [-0.05, 0) is 86.1 Å². The van der Waals surface area contributed by atoms with Crippen LogP contribution in [0.25, 0.3) is 11.1 Å². The van der Waals surface area contributed by atoms with Gasteiger partial charge in [-0.3, -0.25) is 4.79 Å². The van der Waals surface area contributed by atoms with Gasteiger partial charge in [-0.25, -0.2) is 4.79 Å². The number of carbonyl (C=O) groups is 2. The Labute approximate surface area is 220 Å². The van der Waals surface area contributed by atoms with Crippen LogP contribution in [0.4, 0.5) is 0 Å². The summed E-state index contributed by atoms with van der Waals surface area (Å²) < 4.78 is 0. The first-order valence-electron chi connectivity index (χ1n) is 10.9. The number of aliphatic carboxylic acids is 1. The predicted octanol–water partition coefficient (Wildman–Crippen LogP) is 4.17. The minimum absolute atomic E-state index is 0. The van der Waals surface area contributed by atoms with E-state index in [1.165, 1.54) is 17.6 Å². The third-order valence-corrected chi connectivity index (χ3v) is 5.86. The molecule has 2 aromatic rings. The summed E-state index contributed by atoms with van der Waals surface area (Å²) in [6, 6.07) is 20.1. The minimum Gasteiger partial charge on any atom is -0.870 e. The maximum Gasteiger partial charge on any atom is 1.00 e. The fraction of sp³-hybridized carbons (Fsp3) is 0.357. The minimum atomic E-state index is -0.756. The van der Waals surface area contributed by atoms with Crippen molar-refractivity contribution in [1.82, 2.24) is 0 Å². The van der Waals surface area contributed by atoms with Crippen LogP contribution >= 0.6 is 0 Å². The van der Waals surface area contributed by atoms with Crippen molar-refractivity contribution >= 4 is 22.9 Å². The Morgan fingerprint density at radius 3 is 1.42 bits per heavy atom. The molecule has 33 heavy (non-hydrogen) atoms. The quantitative estimate of drug-likeness (QED) is 0.697. The summed E-state index contributed by atoms with van der Waals surface area (Å²) in [7, 11) is 0. The van der Waals surface area contributed by atoms with Crippen LogP contribution in [0.2, 0.25) is 0 Å². The largest absolute Gasteiger partial charge is 1.00 e. The average Bonchev–Trinajstić information content (AvgIpc) is 2.80. The molecule has 0 heterocycles. The fourth-order valence-corrected chi connectivity index (χ4v) is 4.35. The molecular weight excluding hydrogens is 423 g/mol. The van der Waals surface area contributed by atoms with Gasteiger partial charge in [0.1, 0.15) is 0 Å². The number of hydrogen-bond acceptors (Lipinski definition) is 3. The molecule has 0 aromatic heterocycles. The molecule has 0 radical (unpaired) electrons. The summed E-state index contributed by atoms with van der Waals surface area (Å²) in [5, 5.41) is 9.11. The maximum atomic E-state index is 11.5. The Balaban J connectivity index is 0.000000569. The van der Waals surface area contributed by atoms with Crippen LogP contribution in [0, 0.1) is 0 Å². The molecule has 0 saturated heterocycles. The van der Waals surface area contributed by atoms with E-state index in [1.807, 2.05) is 48.5 Å². The maximum absolute atomic E-state index is 11.5. The summed E-state index contributed by atoms with van der Waals surface area (Å²) in [6.07, 6.45) is 8.08. The van der Waals surface area contributed by atoms with Crippen LogP contribution in [-0.2, 0) is 9.59 Å². The Bertz CT molecular complexity index is 867. The number of hydrogen-bond donors (Lipinski definition) is 1. The molecule has 2 aromatic carbocycles. The van der Waals surface area contributed by atoms with Gasteiger partial charge in [-0.15, -0.1) is 0 Å². The Hall–Kier alpha value is -1.98. The van der Waals surface area contributed by atoms with Gasteiger partial charge in [0, 0.05) is 5.57 Å². The molecule has 5 heteroatoms. The zero-order valence-corrected chi connectivity index (χ0v) is 21.1. The number of ketones is 1. The second-order valence-electron chi connectivity index (χ2n) is 7.92. The van der Waals surface area contributed by atoms with E-state index in [4.69, 9.17) is 5.11 Å². The summed E-state index contributed by atoms with van der Waals surface area (Å²) in [5.74, 6) is -0.512. The molecule has 4 nitrogen and oxygen atoms in total. The molecule has 4 rings (SSSR count). The molecule has 2 aliphatic rings. The second kappa shape index (κ2) is 15.8. The molecule has 0 amide bonds. The number of rotatable bonds is 4. The average molecular weight is 459 g/mol. The smallest absolute Gasteiger partial charge is 0.870 e. The van der Waals surface area contributed by atoms with Crippen LogP contribution in [0.3, 0.4) is 0 Å². The van der Waals surface area contributed by atoms with Gasteiger partial charge in [-0.2, -0.15) is 0 Å². The molecule has 2 aliphatic carbocycles. The third kappa shape index (κ3) is 8.71. The summed E-state index contributed by atoms with van der Waals surface area (Å²) in [6.45, 7) is 1.68. The molecule has 0 saturated carbocycles. The topological polar surface area (TPSA) is 84.4 Å². The van der Waals surface area contributed by atoms with E-state index in [2.05, 4.69) is 12.1 Å². The van der Waals surface area contributed by atoms with Gasteiger partial charge in [0.15, 0.2) is 5.78 Å². The summed E-state index contributed by atoms with van der Waals surface area (Å²) in [5.41, 5.74) is 6.24. The van der Waals surface area contributed by atoms with Crippen molar-refractivity contribution in [1.29, 1.82) is 0 Å². The molecule has 0 bridgehead atoms. The molecule has 0 fully saturated rings. The van der Waals surface area contributed by atoms with Gasteiger partial charge in [-0.1, -0.05) is 68.1 Å². The SMILES string of the molecule is C.CC(=O)C1=C(c2ccccc2)CCCC1.O=C(O)C1=C(c2ccccc2)CCCC1.[Na+].[OH-]. The van der Waals surface area contributed by atoms with E-state index in [0.717, 1.165) is 55.2 Å². The first kappa shape index (κ1) is 31.0. The van der Waals surface area contributed by atoms with Gasteiger partial charge in [0.05, 0.1) is 0 Å². The van der Waals surface area contributed by atoms with Crippen molar-refractivity contribution < 1.29 is 49.7 Å². The van der Waals surface area contributed by atoms with Crippen molar-refractivity contribution in [3.05, 3.63) is 82.9 Å². The first-order chi connectivity index (χ1) is 14.6. The number of carboxylic acids is 1. The van der Waals surface area contributed by atoms with Gasteiger partial charge in [0.25, 0.3) is 0 Å². The number of allylic oxidation sites excluding steroid dienone is 3. The molecule has 2 N–H and O–H groups in total. The number of carboxylic acid groups (broad SMARTS) is 1. The van der Waals surface area contributed by atoms with Crippen LogP contribution in [0.15, 0.2) is 71.8 Å². The van der Waals surface area contributed by atoms with E-state index in [1.54, 1.807) is 6.92 Å². The number of Topliss-reactive ketones (excluding diaryl/α,β-unsaturated/α-hetero) is 1. The monoisotopic (exact) mass is 458 g/mol. The van der Waals surface area contributed by atoms with Crippen LogP contribution in [0.5, 0.6) is 0 Å². The molecular formula is C28H35NaO4. The van der Waals surface area contributed by atoms with E-state index < -0.39 is 5.97 Å². The van der Waals surface area contributed by atoms with Crippen LogP contribution < -0.4 is 29.6 Å². The van der Waals surface area contributed by atoms with E-state index in [-0.39, 0.29) is 48.2 Å². The van der Waals surface area contributed by atoms with Crippen molar-refractivity contribution in [2.75, 3.05) is 0 Å². The zero-order chi connectivity index (χ0) is 21.3. The van der Waals surface area contributed by atoms with Gasteiger partial charge >= 0.3 is 35.5 Å². The van der Waals surface area contributed by atoms with Crippen molar-refractivity contribution in [2.45, 2.75) is 65.7 Å². The van der Waals surface area contributed by atoms with Gasteiger partial charge in [0.2, 0.25) is 0 Å². The molecule has 0 atom stereocenters. The standard InChI is InChI=1S/C14H16O.C13H14O2.CH4.Na.H2O/c1-11(15)13-9-5-6-10-14(13)12-7-3-2-4-8-12;14-13(15)12-9-5-4-8-11(12)10-6-2-1-3-7-10;;;/h2-4,7-8H,5-6,9-10H2,1H3;1-3,6-7H,4-5,8-9H2,(H,14,15);1H4;;1H2/q;;;+1;/p-1. The third-order valence-electron chi connectivity index (χ3n) is 5.86. The van der Waals surface area contributed by atoms with Crippen molar-refractivity contribution in [3.63, 3.8) is 0 Å². The molecule has 0 spiro atoms. The van der Waals surface area contributed by atoms with Crippen molar-refractivity contribution in [2.24, 2.45) is 0 Å². The fourth-order valence-electron chi connectivity index (χ4n) is 4.35. The Morgan fingerprint density at radius 1 is 0.667 bits per heavy atom. The summed E-state index contributed by atoms with van der Waals surface area (Å²) >= 11 is 0. The Morgan fingerprint density at radius 2 is 1.03 bits per heavy atom. The van der Waals surface area contributed by atoms with Crippen LogP contribution in [0.1, 0.15) is 76.8 Å². The number of carbonyl (C=O) groups excluding carboxylic acids is 1. The van der Waals surface area contributed by atoms with E-state index >= 15 is 0 Å². The summed E-state index contributed by atoms with van der Waals surface area (Å²) in [4.78, 5) is 22.6. The van der Waals surface area contributed by atoms with Crippen molar-refractivity contribution in [3.8, 4) is 0 Å². The van der Waals surface area contributed by atoms with Gasteiger partial charge < -0.3 is 10.6 Å². The molecule has 0 unspecified atom stereocenters. The van der Waals surface area contributed by atoms with Crippen LogP contribution in [-0.4, -0.2) is 22.3 Å². The first-order valence-corrected chi connectivity index (χ1v) is 10.9. The zero-order valence-electron chi connectivity index (χ0n) is 19.1. The predicted molar refractivity (Wildman–Crippen MR) is 131 cm³/mol. The second-order valence-corrected chi connectivity index (χ2v) is 7.92.